The van der Waals surface area contributed by atoms with Crippen LogP contribution in [0.5, 0.6) is 0 Å². The molecule has 0 atom stereocenters. The first-order valence-corrected chi connectivity index (χ1v) is 7.76. The number of carbonyl (C=O) groups is 2. The van der Waals surface area contributed by atoms with E-state index >= 15 is 0 Å². The van der Waals surface area contributed by atoms with Crippen molar-refractivity contribution in [1.82, 2.24) is 10.2 Å². The van der Waals surface area contributed by atoms with E-state index in [1.807, 2.05) is 32.0 Å². The summed E-state index contributed by atoms with van der Waals surface area (Å²) in [4.78, 5) is 25.5. The van der Waals surface area contributed by atoms with Crippen molar-refractivity contribution in [2.45, 2.75) is 32.7 Å². The van der Waals surface area contributed by atoms with Crippen LogP contribution in [0.1, 0.15) is 34.3 Å². The number of amides is 2. The molecule has 1 aliphatic heterocycles. The molecule has 2 rings (SSSR count). The third kappa shape index (κ3) is 3.97. The zero-order chi connectivity index (χ0) is 15.4. The highest BCUT2D eigenvalue weighted by Gasteiger charge is 2.23. The van der Waals surface area contributed by atoms with Crippen molar-refractivity contribution in [3.05, 3.63) is 34.9 Å². The van der Waals surface area contributed by atoms with Crippen molar-refractivity contribution in [1.29, 1.82) is 0 Å². The number of alkyl halides is 1. The number of hydrogen-bond acceptors (Lipinski definition) is 2. The Bertz CT molecular complexity index is 537. The number of benzene rings is 1. The molecule has 0 spiro atoms. The van der Waals surface area contributed by atoms with E-state index in [0.717, 1.165) is 18.4 Å². The van der Waals surface area contributed by atoms with Crippen LogP contribution < -0.4 is 5.32 Å². The second-order valence-corrected chi connectivity index (χ2v) is 5.83. The molecule has 1 N–H and O–H groups in total. The monoisotopic (exact) mass is 308 g/mol. The van der Waals surface area contributed by atoms with Crippen LogP contribution in [0.2, 0.25) is 0 Å². The molecular formula is C16H21ClN2O2. The molecule has 0 unspecified atom stereocenters. The van der Waals surface area contributed by atoms with Crippen molar-refractivity contribution < 1.29 is 9.59 Å². The molecule has 0 bridgehead atoms. The highest BCUT2D eigenvalue weighted by molar-refractivity contribution is 6.27. The zero-order valence-electron chi connectivity index (χ0n) is 12.5. The minimum atomic E-state index is -0.0415. The van der Waals surface area contributed by atoms with E-state index < -0.39 is 0 Å². The van der Waals surface area contributed by atoms with Crippen LogP contribution in [0.3, 0.4) is 0 Å². The van der Waals surface area contributed by atoms with Crippen molar-refractivity contribution in [2.24, 2.45) is 0 Å². The average molecular weight is 309 g/mol. The molecule has 21 heavy (non-hydrogen) atoms. The van der Waals surface area contributed by atoms with Gasteiger partial charge in [-0.05, 0) is 49.9 Å². The maximum atomic E-state index is 12.2. The summed E-state index contributed by atoms with van der Waals surface area (Å²) in [5.41, 5.74) is 2.99. The Labute approximate surface area is 130 Å². The van der Waals surface area contributed by atoms with E-state index in [4.69, 9.17) is 11.6 Å². The first-order valence-electron chi connectivity index (χ1n) is 7.23. The molecule has 2 amide bonds. The molecule has 1 saturated heterocycles. The van der Waals surface area contributed by atoms with Crippen LogP contribution in [0, 0.1) is 13.8 Å². The number of carbonyl (C=O) groups excluding carboxylic acids is 2. The van der Waals surface area contributed by atoms with Gasteiger partial charge in [-0.25, -0.2) is 0 Å². The smallest absolute Gasteiger partial charge is 0.251 e. The van der Waals surface area contributed by atoms with E-state index in [-0.39, 0.29) is 23.7 Å². The summed E-state index contributed by atoms with van der Waals surface area (Å²) in [5.74, 6) is -0.0459. The van der Waals surface area contributed by atoms with Crippen LogP contribution in [0.15, 0.2) is 18.2 Å². The molecule has 4 nitrogen and oxygen atoms in total. The van der Waals surface area contributed by atoms with Crippen molar-refractivity contribution in [3.8, 4) is 0 Å². The van der Waals surface area contributed by atoms with Gasteiger partial charge in [0.05, 0.1) is 0 Å². The number of aryl methyl sites for hydroxylation is 2. The number of piperidine rings is 1. The van der Waals surface area contributed by atoms with Crippen molar-refractivity contribution in [2.75, 3.05) is 19.0 Å². The van der Waals surface area contributed by atoms with Crippen LogP contribution in [-0.2, 0) is 4.79 Å². The number of rotatable bonds is 3. The van der Waals surface area contributed by atoms with Gasteiger partial charge in [0.2, 0.25) is 5.91 Å². The van der Waals surface area contributed by atoms with Gasteiger partial charge in [-0.3, -0.25) is 9.59 Å². The van der Waals surface area contributed by atoms with E-state index in [1.54, 1.807) is 4.90 Å². The Hall–Kier alpha value is -1.55. The lowest BCUT2D eigenvalue weighted by molar-refractivity contribution is -0.129. The van der Waals surface area contributed by atoms with Gasteiger partial charge in [-0.1, -0.05) is 6.07 Å². The molecule has 1 aromatic carbocycles. The molecule has 1 heterocycles. The molecule has 0 aromatic heterocycles. The number of likely N-dealkylation sites (tertiary alicyclic amines) is 1. The van der Waals surface area contributed by atoms with Gasteiger partial charge in [-0.2, -0.15) is 0 Å². The van der Waals surface area contributed by atoms with Crippen molar-refractivity contribution >= 4 is 23.4 Å². The van der Waals surface area contributed by atoms with Gasteiger partial charge in [-0.15, -0.1) is 11.6 Å². The van der Waals surface area contributed by atoms with Crippen molar-refractivity contribution in [3.63, 3.8) is 0 Å². The number of nitrogens with one attached hydrogen (secondary N) is 1. The summed E-state index contributed by atoms with van der Waals surface area (Å²) in [6.45, 7) is 5.34. The molecule has 1 aliphatic rings. The Morgan fingerprint density at radius 3 is 2.48 bits per heavy atom. The minimum Gasteiger partial charge on any atom is -0.349 e. The Morgan fingerprint density at radius 1 is 1.24 bits per heavy atom. The largest absolute Gasteiger partial charge is 0.349 e. The normalized spacial score (nSPS) is 15.9. The number of hydrogen-bond donors (Lipinski definition) is 1. The SMILES string of the molecule is Cc1ccc(C(=O)NC2CCN(C(=O)CCl)CC2)cc1C. The summed E-state index contributed by atoms with van der Waals surface area (Å²) >= 11 is 5.55. The molecular weight excluding hydrogens is 288 g/mol. The number of nitrogens with zero attached hydrogens (tertiary/aromatic N) is 1. The van der Waals surface area contributed by atoms with E-state index in [1.165, 1.54) is 5.56 Å². The molecule has 0 aliphatic carbocycles. The van der Waals surface area contributed by atoms with E-state index in [9.17, 15) is 9.59 Å². The molecule has 5 heteroatoms. The topological polar surface area (TPSA) is 49.4 Å². The fraction of sp³-hybridized carbons (Fsp3) is 0.500. The highest BCUT2D eigenvalue weighted by atomic mass is 35.5. The predicted molar refractivity (Wildman–Crippen MR) is 83.7 cm³/mol. The molecule has 1 fully saturated rings. The fourth-order valence-electron chi connectivity index (χ4n) is 2.51. The van der Waals surface area contributed by atoms with Gasteiger partial charge >= 0.3 is 0 Å². The maximum Gasteiger partial charge on any atom is 0.251 e. The standard InChI is InChI=1S/C16H21ClN2O2/c1-11-3-4-13(9-12(11)2)16(21)18-14-5-7-19(8-6-14)15(20)10-17/h3-4,9,14H,5-8,10H2,1-2H3,(H,18,21). The first kappa shape index (κ1) is 15.8. The lowest BCUT2D eigenvalue weighted by atomic mass is 10.0. The second-order valence-electron chi connectivity index (χ2n) is 5.56. The van der Waals surface area contributed by atoms with E-state index in [0.29, 0.717) is 18.7 Å². The van der Waals surface area contributed by atoms with Crippen LogP contribution in [0.25, 0.3) is 0 Å². The number of halogens is 1. The maximum absolute atomic E-state index is 12.2. The van der Waals surface area contributed by atoms with E-state index in [2.05, 4.69) is 5.32 Å². The first-order chi connectivity index (χ1) is 10.0. The lowest BCUT2D eigenvalue weighted by Crippen LogP contribution is -2.46. The average Bonchev–Trinajstić information content (AvgIpc) is 2.50. The fourth-order valence-corrected chi connectivity index (χ4v) is 2.68. The third-order valence-corrected chi connectivity index (χ3v) is 4.29. The summed E-state index contributed by atoms with van der Waals surface area (Å²) in [5, 5.41) is 3.05. The second kappa shape index (κ2) is 6.94. The van der Waals surface area contributed by atoms with Crippen LogP contribution >= 0.6 is 11.6 Å². The van der Waals surface area contributed by atoms with Gasteiger partial charge in [0.15, 0.2) is 0 Å². The minimum absolute atomic E-state index is 0.0274. The molecule has 114 valence electrons. The summed E-state index contributed by atoms with van der Waals surface area (Å²) in [6, 6.07) is 5.85. The summed E-state index contributed by atoms with van der Waals surface area (Å²) in [7, 11) is 0. The Balaban J connectivity index is 1.89. The van der Waals surface area contributed by atoms with Crippen LogP contribution in [0.4, 0.5) is 0 Å². The quantitative estimate of drug-likeness (QED) is 0.871. The molecule has 1 aromatic rings. The van der Waals surface area contributed by atoms with Crippen LogP contribution in [-0.4, -0.2) is 41.7 Å². The zero-order valence-corrected chi connectivity index (χ0v) is 13.2. The Kier molecular flexibility index (Phi) is 5.23. The summed E-state index contributed by atoms with van der Waals surface area (Å²) in [6.07, 6.45) is 1.55. The predicted octanol–water partition coefficient (Wildman–Crippen LogP) is 2.26. The van der Waals surface area contributed by atoms with Gasteiger partial charge < -0.3 is 10.2 Å². The Morgan fingerprint density at radius 2 is 1.90 bits per heavy atom. The highest BCUT2D eigenvalue weighted by Crippen LogP contribution is 2.13. The molecule has 0 saturated carbocycles. The van der Waals surface area contributed by atoms with Gasteiger partial charge in [0, 0.05) is 24.7 Å². The van der Waals surface area contributed by atoms with Gasteiger partial charge in [0.1, 0.15) is 5.88 Å². The summed E-state index contributed by atoms with van der Waals surface area (Å²) < 4.78 is 0. The lowest BCUT2D eigenvalue weighted by Gasteiger charge is -2.32. The molecule has 0 radical (unpaired) electrons. The third-order valence-electron chi connectivity index (χ3n) is 4.07. The van der Waals surface area contributed by atoms with Gasteiger partial charge in [0.25, 0.3) is 5.91 Å².